The maximum atomic E-state index is 13.3. The van der Waals surface area contributed by atoms with Gasteiger partial charge in [-0.05, 0) is 43.5 Å². The summed E-state index contributed by atoms with van der Waals surface area (Å²) < 4.78 is 13.1. The first-order valence-corrected chi connectivity index (χ1v) is 10.4. The molecule has 0 aromatic heterocycles. The largest absolute Gasteiger partial charge is 0.481 e. The molecule has 0 aliphatic carbocycles. The molecule has 176 valence electrons. The van der Waals surface area contributed by atoms with Gasteiger partial charge in [0, 0.05) is 18.5 Å². The van der Waals surface area contributed by atoms with Gasteiger partial charge in [0.05, 0.1) is 12.5 Å². The first-order valence-electron chi connectivity index (χ1n) is 10.4. The fourth-order valence-corrected chi connectivity index (χ4v) is 3.85. The van der Waals surface area contributed by atoms with Gasteiger partial charge in [0.15, 0.2) is 0 Å². The van der Waals surface area contributed by atoms with Gasteiger partial charge in [-0.1, -0.05) is 0 Å². The fourth-order valence-electron chi connectivity index (χ4n) is 3.85. The summed E-state index contributed by atoms with van der Waals surface area (Å²) in [5.41, 5.74) is 0.118. The van der Waals surface area contributed by atoms with Crippen molar-refractivity contribution in [2.75, 3.05) is 6.54 Å². The third kappa shape index (κ3) is 5.51. The molecule has 1 aromatic carbocycles. The van der Waals surface area contributed by atoms with Gasteiger partial charge in [-0.3, -0.25) is 29.0 Å². The fraction of sp³-hybridized carbons (Fsp3) is 0.429. The Balaban J connectivity index is 1.80. The highest BCUT2D eigenvalue weighted by molar-refractivity contribution is 5.99. The van der Waals surface area contributed by atoms with Crippen LogP contribution in [0.2, 0.25) is 0 Å². The number of halogens is 1. The lowest BCUT2D eigenvalue weighted by Crippen LogP contribution is -2.64. The topological polar surface area (TPSA) is 153 Å². The number of rotatable bonds is 7. The van der Waals surface area contributed by atoms with Gasteiger partial charge in [-0.15, -0.1) is 0 Å². The smallest absolute Gasteiger partial charge is 0.305 e. The van der Waals surface area contributed by atoms with Crippen molar-refractivity contribution in [3.8, 4) is 0 Å². The van der Waals surface area contributed by atoms with Crippen molar-refractivity contribution < 1.29 is 38.3 Å². The van der Waals surface area contributed by atoms with Crippen molar-refractivity contribution in [1.29, 1.82) is 0 Å². The molecule has 0 spiro atoms. The molecular formula is C21H23FN4O7. The van der Waals surface area contributed by atoms with Crippen LogP contribution in [0.4, 0.5) is 4.39 Å². The molecule has 2 heterocycles. The number of carboxylic acids is 1. The van der Waals surface area contributed by atoms with Gasteiger partial charge in [0.25, 0.3) is 11.8 Å². The predicted octanol–water partition coefficient (Wildman–Crippen LogP) is -0.389. The molecule has 4 amide bonds. The highest BCUT2D eigenvalue weighted by Gasteiger charge is 2.44. The van der Waals surface area contributed by atoms with E-state index in [1.54, 1.807) is 0 Å². The molecule has 2 fully saturated rings. The average Bonchev–Trinajstić information content (AvgIpc) is 2.90. The van der Waals surface area contributed by atoms with E-state index in [-0.39, 0.29) is 37.7 Å². The molecule has 2 saturated heterocycles. The Morgan fingerprint density at radius 2 is 1.88 bits per heavy atom. The third-order valence-corrected chi connectivity index (χ3v) is 5.46. The average molecular weight is 462 g/mol. The van der Waals surface area contributed by atoms with E-state index < -0.39 is 60.0 Å². The molecule has 12 heteroatoms. The quantitative estimate of drug-likeness (QED) is 0.467. The van der Waals surface area contributed by atoms with Crippen LogP contribution in [0.5, 0.6) is 0 Å². The van der Waals surface area contributed by atoms with Crippen LogP contribution in [0, 0.1) is 5.82 Å². The monoisotopic (exact) mass is 462 g/mol. The summed E-state index contributed by atoms with van der Waals surface area (Å²) in [6, 6.07) is 1.13. The van der Waals surface area contributed by atoms with Crippen LogP contribution in [0.15, 0.2) is 24.3 Å². The number of nitrogens with zero attached hydrogens (tertiary/aromatic N) is 2. The number of aliphatic carboxylic acids is 1. The van der Waals surface area contributed by atoms with E-state index in [1.807, 2.05) is 0 Å². The second kappa shape index (κ2) is 10.2. The number of hydrogen-bond donors (Lipinski definition) is 3. The summed E-state index contributed by atoms with van der Waals surface area (Å²) in [4.78, 5) is 73.4. The lowest BCUT2D eigenvalue weighted by Gasteiger charge is -2.43. The summed E-state index contributed by atoms with van der Waals surface area (Å²) in [6.07, 6.45) is 0.189. The summed E-state index contributed by atoms with van der Waals surface area (Å²) in [7, 11) is 0. The van der Waals surface area contributed by atoms with Gasteiger partial charge < -0.3 is 20.5 Å². The minimum absolute atomic E-state index is 0.00190. The van der Waals surface area contributed by atoms with E-state index in [4.69, 9.17) is 5.11 Å². The summed E-state index contributed by atoms with van der Waals surface area (Å²) in [6.45, 7) is 0.194. The number of aldehydes is 1. The van der Waals surface area contributed by atoms with Crippen LogP contribution < -0.4 is 10.6 Å². The number of carboxylic acid groups (broad SMARTS) is 1. The Labute approximate surface area is 187 Å². The second-order valence-electron chi connectivity index (χ2n) is 7.78. The molecule has 0 saturated carbocycles. The van der Waals surface area contributed by atoms with Crippen molar-refractivity contribution in [2.24, 2.45) is 0 Å². The molecule has 2 aliphatic rings. The summed E-state index contributed by atoms with van der Waals surface area (Å²) in [5.74, 6) is -4.33. The first-order chi connectivity index (χ1) is 15.7. The first kappa shape index (κ1) is 23.8. The van der Waals surface area contributed by atoms with Gasteiger partial charge in [-0.2, -0.15) is 0 Å². The van der Waals surface area contributed by atoms with E-state index in [0.29, 0.717) is 6.42 Å². The molecule has 33 heavy (non-hydrogen) atoms. The number of amides is 4. The second-order valence-corrected chi connectivity index (χ2v) is 7.78. The zero-order chi connectivity index (χ0) is 24.1. The van der Waals surface area contributed by atoms with Crippen molar-refractivity contribution in [3.63, 3.8) is 0 Å². The molecule has 2 aliphatic heterocycles. The highest BCUT2D eigenvalue weighted by Crippen LogP contribution is 2.25. The van der Waals surface area contributed by atoms with E-state index >= 15 is 0 Å². The van der Waals surface area contributed by atoms with Crippen molar-refractivity contribution in [3.05, 3.63) is 35.6 Å². The molecule has 0 bridgehead atoms. The maximum Gasteiger partial charge on any atom is 0.305 e. The number of hydrogen-bond acceptors (Lipinski definition) is 6. The van der Waals surface area contributed by atoms with Gasteiger partial charge in [0.2, 0.25) is 11.8 Å². The number of hydrazine groups is 1. The molecule has 3 rings (SSSR count). The third-order valence-electron chi connectivity index (χ3n) is 5.46. The summed E-state index contributed by atoms with van der Waals surface area (Å²) in [5, 5.41) is 15.9. The minimum atomic E-state index is -1.29. The van der Waals surface area contributed by atoms with Crippen LogP contribution in [0.3, 0.4) is 0 Å². The zero-order valence-electron chi connectivity index (χ0n) is 17.5. The van der Waals surface area contributed by atoms with Crippen molar-refractivity contribution >= 4 is 35.9 Å². The van der Waals surface area contributed by atoms with Crippen LogP contribution in [0.1, 0.15) is 42.5 Å². The van der Waals surface area contributed by atoms with E-state index in [9.17, 15) is 33.2 Å². The van der Waals surface area contributed by atoms with E-state index in [0.717, 1.165) is 22.2 Å². The zero-order valence-corrected chi connectivity index (χ0v) is 17.5. The number of fused-ring (bicyclic) bond motifs is 1. The van der Waals surface area contributed by atoms with Gasteiger partial charge in [0.1, 0.15) is 24.2 Å². The Morgan fingerprint density at radius 1 is 1.18 bits per heavy atom. The van der Waals surface area contributed by atoms with Gasteiger partial charge >= 0.3 is 5.97 Å². The highest BCUT2D eigenvalue weighted by atomic mass is 19.1. The normalized spacial score (nSPS) is 21.5. The van der Waals surface area contributed by atoms with Crippen molar-refractivity contribution in [2.45, 2.75) is 50.2 Å². The van der Waals surface area contributed by atoms with Crippen LogP contribution in [-0.4, -0.2) is 75.7 Å². The molecular weight excluding hydrogens is 439 g/mol. The van der Waals surface area contributed by atoms with Crippen molar-refractivity contribution in [1.82, 2.24) is 20.7 Å². The molecule has 11 nitrogen and oxygen atoms in total. The molecule has 1 aromatic rings. The van der Waals surface area contributed by atoms with E-state index in [2.05, 4.69) is 10.6 Å². The Kier molecular flexibility index (Phi) is 7.36. The lowest BCUT2D eigenvalue weighted by molar-refractivity contribution is -0.176. The van der Waals surface area contributed by atoms with Crippen LogP contribution >= 0.6 is 0 Å². The number of carbonyl (C=O) groups excluding carboxylic acids is 5. The number of benzene rings is 1. The SMILES string of the molecule is O=C[C@H](CC(=O)O)NC(=O)[C@@H]1CCCN2C(=O)CC[C@H](NC(=O)c3ccc(F)cc3)C(=O)N12. The Morgan fingerprint density at radius 3 is 2.52 bits per heavy atom. The van der Waals surface area contributed by atoms with E-state index in [1.165, 1.54) is 12.1 Å². The number of carbonyl (C=O) groups is 6. The minimum Gasteiger partial charge on any atom is -0.481 e. The number of nitrogens with one attached hydrogen (secondary N) is 2. The Hall–Kier alpha value is -3.83. The Bertz CT molecular complexity index is 968. The lowest BCUT2D eigenvalue weighted by atomic mass is 10.0. The summed E-state index contributed by atoms with van der Waals surface area (Å²) >= 11 is 0. The molecule has 0 unspecified atom stereocenters. The van der Waals surface area contributed by atoms with Crippen LogP contribution in [0.25, 0.3) is 0 Å². The maximum absolute atomic E-state index is 13.3. The van der Waals surface area contributed by atoms with Gasteiger partial charge in [-0.25, -0.2) is 9.40 Å². The predicted molar refractivity (Wildman–Crippen MR) is 109 cm³/mol. The standard InChI is InChI=1S/C21H23FN4O7/c22-13-5-3-12(4-6-13)19(31)24-15-7-8-17(28)25-9-1-2-16(26(25)21(15)33)20(32)23-14(11-27)10-18(29)30/h3-6,11,14-16H,1-2,7-10H2,(H,23,32)(H,24,31)(H,29,30)/t14-,15-,16-/m0/s1. The molecule has 0 radical (unpaired) electrons. The molecule has 3 atom stereocenters. The molecule has 3 N–H and O–H groups in total. The van der Waals surface area contributed by atoms with Crippen LogP contribution in [-0.2, 0) is 24.0 Å².